The lowest BCUT2D eigenvalue weighted by atomic mass is 9.82. The molecule has 7 heteroatoms. The van der Waals surface area contributed by atoms with Crippen LogP contribution in [-0.2, 0) is 4.74 Å². The summed E-state index contributed by atoms with van der Waals surface area (Å²) in [4.78, 5) is 12.5. The van der Waals surface area contributed by atoms with E-state index < -0.39 is 23.4 Å². The van der Waals surface area contributed by atoms with Crippen LogP contribution in [0.5, 0.6) is 11.5 Å². The molecule has 3 aromatic carbocycles. The highest BCUT2D eigenvalue weighted by atomic mass is 19.2. The molecular weight excluding hydrogens is 493 g/mol. The lowest BCUT2D eigenvalue weighted by molar-refractivity contribution is 0.0325. The standard InChI is InChI=1S/C31H31F3O4/c1-3-5-18-37-24-14-15-27(28(32)19-24)31(35)38-23-12-8-21(9-13-23)26-17-16-25(29(33)30(26)34)20-6-10-22(11-7-20)36-4-2/h3,8-9,12-17,19-20,22H,1,4-7,10-11,18H2,2H3. The molecule has 0 heterocycles. The molecule has 0 saturated heterocycles. The summed E-state index contributed by atoms with van der Waals surface area (Å²) in [5.74, 6) is -2.98. The number of benzene rings is 3. The second kappa shape index (κ2) is 12.8. The van der Waals surface area contributed by atoms with Crippen molar-refractivity contribution in [1.29, 1.82) is 0 Å². The third-order valence-corrected chi connectivity index (χ3v) is 6.76. The SMILES string of the molecule is C=CCCOc1ccc(C(=O)Oc2ccc(-c3ccc(C4CCC(OCC)CC4)c(F)c3F)cc2)c(F)c1. The molecule has 0 N–H and O–H groups in total. The van der Waals surface area contributed by atoms with E-state index in [-0.39, 0.29) is 28.9 Å². The van der Waals surface area contributed by atoms with Crippen LogP contribution < -0.4 is 9.47 Å². The predicted octanol–water partition coefficient (Wildman–Crippen LogP) is 8.01. The Hall–Kier alpha value is -3.58. The van der Waals surface area contributed by atoms with Crippen LogP contribution in [0.1, 0.15) is 60.9 Å². The normalized spacial score (nSPS) is 17.2. The first-order valence-electron chi connectivity index (χ1n) is 12.9. The van der Waals surface area contributed by atoms with Crippen LogP contribution in [0.25, 0.3) is 11.1 Å². The molecule has 3 aromatic rings. The number of hydrogen-bond donors (Lipinski definition) is 0. The van der Waals surface area contributed by atoms with E-state index in [9.17, 15) is 9.18 Å². The number of rotatable bonds is 10. The van der Waals surface area contributed by atoms with E-state index in [1.807, 2.05) is 6.92 Å². The quantitative estimate of drug-likeness (QED) is 0.117. The van der Waals surface area contributed by atoms with Gasteiger partial charge in [0.05, 0.1) is 18.3 Å². The van der Waals surface area contributed by atoms with Gasteiger partial charge in [-0.25, -0.2) is 18.0 Å². The molecule has 4 rings (SSSR count). The number of esters is 1. The molecule has 0 aromatic heterocycles. The van der Waals surface area contributed by atoms with Crippen LogP contribution in [-0.4, -0.2) is 25.3 Å². The number of hydrogen-bond acceptors (Lipinski definition) is 4. The summed E-state index contributed by atoms with van der Waals surface area (Å²) in [6.07, 6.45) is 5.66. The van der Waals surface area contributed by atoms with Gasteiger partial charge in [0.25, 0.3) is 0 Å². The lowest BCUT2D eigenvalue weighted by Crippen LogP contribution is -2.21. The molecule has 0 unspecified atom stereocenters. The van der Waals surface area contributed by atoms with Crippen LogP contribution in [0.15, 0.2) is 67.3 Å². The molecule has 0 bridgehead atoms. The van der Waals surface area contributed by atoms with Gasteiger partial charge in [0.15, 0.2) is 11.6 Å². The molecule has 1 aliphatic rings. The lowest BCUT2D eigenvalue weighted by Gasteiger charge is -2.29. The highest BCUT2D eigenvalue weighted by molar-refractivity contribution is 5.91. The van der Waals surface area contributed by atoms with Gasteiger partial charge in [-0.3, -0.25) is 0 Å². The zero-order chi connectivity index (χ0) is 27.1. The molecule has 200 valence electrons. The highest BCUT2D eigenvalue weighted by Gasteiger charge is 2.27. The van der Waals surface area contributed by atoms with E-state index >= 15 is 8.78 Å². The van der Waals surface area contributed by atoms with Gasteiger partial charge in [0.1, 0.15) is 17.3 Å². The summed E-state index contributed by atoms with van der Waals surface area (Å²) in [6, 6.07) is 13.1. The van der Waals surface area contributed by atoms with Crippen molar-refractivity contribution in [2.24, 2.45) is 0 Å². The summed E-state index contributed by atoms with van der Waals surface area (Å²) in [5.41, 5.74) is 0.695. The topological polar surface area (TPSA) is 44.8 Å². The van der Waals surface area contributed by atoms with E-state index in [2.05, 4.69) is 6.58 Å². The minimum atomic E-state index is -0.906. The maximum absolute atomic E-state index is 15.1. The maximum Gasteiger partial charge on any atom is 0.346 e. The van der Waals surface area contributed by atoms with Gasteiger partial charge >= 0.3 is 5.97 Å². The van der Waals surface area contributed by atoms with E-state index in [0.717, 1.165) is 31.7 Å². The largest absolute Gasteiger partial charge is 0.493 e. The third-order valence-electron chi connectivity index (χ3n) is 6.76. The van der Waals surface area contributed by atoms with Crippen LogP contribution in [0.3, 0.4) is 0 Å². The van der Waals surface area contributed by atoms with E-state index in [4.69, 9.17) is 14.2 Å². The summed E-state index contributed by atoms with van der Waals surface area (Å²) in [6.45, 7) is 6.55. The first-order chi connectivity index (χ1) is 18.4. The predicted molar refractivity (Wildman–Crippen MR) is 140 cm³/mol. The van der Waals surface area contributed by atoms with E-state index in [1.54, 1.807) is 18.2 Å². The van der Waals surface area contributed by atoms with Crippen molar-refractivity contribution in [3.8, 4) is 22.6 Å². The van der Waals surface area contributed by atoms with Crippen LogP contribution in [0.4, 0.5) is 13.2 Å². The van der Waals surface area contributed by atoms with Crippen molar-refractivity contribution >= 4 is 5.97 Å². The highest BCUT2D eigenvalue weighted by Crippen LogP contribution is 2.38. The average Bonchev–Trinajstić information content (AvgIpc) is 2.92. The Labute approximate surface area is 221 Å². The second-order valence-electron chi connectivity index (χ2n) is 9.24. The van der Waals surface area contributed by atoms with Gasteiger partial charge in [-0.15, -0.1) is 6.58 Å². The van der Waals surface area contributed by atoms with Crippen molar-refractivity contribution in [3.63, 3.8) is 0 Å². The van der Waals surface area contributed by atoms with E-state index in [1.165, 1.54) is 36.4 Å². The molecule has 0 spiro atoms. The molecule has 0 aliphatic heterocycles. The number of ether oxygens (including phenoxy) is 3. The fourth-order valence-corrected chi connectivity index (χ4v) is 4.75. The zero-order valence-corrected chi connectivity index (χ0v) is 21.4. The van der Waals surface area contributed by atoms with Gasteiger partial charge in [-0.2, -0.15) is 0 Å². The van der Waals surface area contributed by atoms with Crippen molar-refractivity contribution in [2.75, 3.05) is 13.2 Å². The third kappa shape index (κ3) is 6.45. The Morgan fingerprint density at radius 2 is 1.66 bits per heavy atom. The summed E-state index contributed by atoms with van der Waals surface area (Å²) >= 11 is 0. The summed E-state index contributed by atoms with van der Waals surface area (Å²) in [7, 11) is 0. The minimum Gasteiger partial charge on any atom is -0.493 e. The van der Waals surface area contributed by atoms with Gasteiger partial charge in [-0.1, -0.05) is 30.3 Å². The van der Waals surface area contributed by atoms with Crippen molar-refractivity contribution in [2.45, 2.75) is 51.0 Å². The van der Waals surface area contributed by atoms with Crippen LogP contribution in [0.2, 0.25) is 0 Å². The Kier molecular flexibility index (Phi) is 9.24. The molecular formula is C31H31F3O4. The fourth-order valence-electron chi connectivity index (χ4n) is 4.75. The Balaban J connectivity index is 1.42. The van der Waals surface area contributed by atoms with Crippen molar-refractivity contribution in [3.05, 3.63) is 95.8 Å². The zero-order valence-electron chi connectivity index (χ0n) is 21.4. The molecule has 4 nitrogen and oxygen atoms in total. The molecule has 38 heavy (non-hydrogen) atoms. The van der Waals surface area contributed by atoms with Gasteiger partial charge in [0, 0.05) is 18.2 Å². The summed E-state index contributed by atoms with van der Waals surface area (Å²) < 4.78 is 60.8. The van der Waals surface area contributed by atoms with Gasteiger partial charge in [-0.05, 0) is 80.3 Å². The molecule has 0 amide bonds. The van der Waals surface area contributed by atoms with E-state index in [0.29, 0.717) is 36.5 Å². The summed E-state index contributed by atoms with van der Waals surface area (Å²) in [5, 5.41) is 0. The number of carbonyl (C=O) groups is 1. The second-order valence-corrected chi connectivity index (χ2v) is 9.24. The first kappa shape index (κ1) is 27.5. The minimum absolute atomic E-state index is 0.0368. The van der Waals surface area contributed by atoms with Crippen molar-refractivity contribution in [1.82, 2.24) is 0 Å². The Morgan fingerprint density at radius 3 is 2.32 bits per heavy atom. The number of halogens is 3. The number of carbonyl (C=O) groups excluding carboxylic acids is 1. The Morgan fingerprint density at radius 1 is 0.947 bits per heavy atom. The van der Waals surface area contributed by atoms with Gasteiger partial charge in [0.2, 0.25) is 0 Å². The van der Waals surface area contributed by atoms with Gasteiger partial charge < -0.3 is 14.2 Å². The van der Waals surface area contributed by atoms with Crippen LogP contribution >= 0.6 is 0 Å². The molecule has 1 fully saturated rings. The first-order valence-corrected chi connectivity index (χ1v) is 12.9. The smallest absolute Gasteiger partial charge is 0.346 e. The molecule has 0 radical (unpaired) electrons. The molecule has 1 saturated carbocycles. The van der Waals surface area contributed by atoms with Crippen LogP contribution in [0, 0.1) is 17.5 Å². The maximum atomic E-state index is 15.1. The molecule has 0 atom stereocenters. The average molecular weight is 525 g/mol. The van der Waals surface area contributed by atoms with Crippen molar-refractivity contribution < 1.29 is 32.2 Å². The fraction of sp³-hybridized carbons (Fsp3) is 0.323. The Bertz CT molecular complexity index is 1260. The monoisotopic (exact) mass is 524 g/mol. The molecule has 1 aliphatic carbocycles.